The third kappa shape index (κ3) is 4.39. The molecule has 4 N–H and O–H groups in total. The molecule has 1 amide bonds. The zero-order valence-electron chi connectivity index (χ0n) is 10.1. The highest BCUT2D eigenvalue weighted by atomic mass is 16.6. The van der Waals surface area contributed by atoms with Gasteiger partial charge in [-0.1, -0.05) is 6.92 Å². The molecule has 6 heteroatoms. The minimum atomic E-state index is -0.861. The fraction of sp³-hybridized carbons (Fsp3) is 0.700. The second-order valence-corrected chi connectivity index (χ2v) is 4.38. The zero-order valence-corrected chi connectivity index (χ0v) is 10.1. The summed E-state index contributed by atoms with van der Waals surface area (Å²) in [6, 6.07) is 0. The molecule has 0 saturated carbocycles. The van der Waals surface area contributed by atoms with Crippen molar-refractivity contribution in [2.24, 2.45) is 11.8 Å². The second kappa shape index (κ2) is 5.60. The standard InChI is InChI=1S/C10H19N3O3/c1-5-6(8(14)13-12)7(11)9(15)16-10(2,3)4/h6,11H,5,12H2,1-4H3,(H,13,14)/t6-/m1/s1. The van der Waals surface area contributed by atoms with Gasteiger partial charge in [-0.2, -0.15) is 0 Å². The van der Waals surface area contributed by atoms with E-state index in [1.807, 2.05) is 5.43 Å². The molecule has 0 fully saturated rings. The summed E-state index contributed by atoms with van der Waals surface area (Å²) in [5, 5.41) is 7.57. The summed E-state index contributed by atoms with van der Waals surface area (Å²) in [5.74, 6) is 2.76. The Morgan fingerprint density at radius 2 is 1.94 bits per heavy atom. The molecule has 0 radical (unpaired) electrons. The summed E-state index contributed by atoms with van der Waals surface area (Å²) < 4.78 is 4.99. The highest BCUT2D eigenvalue weighted by Crippen LogP contribution is 2.11. The number of amides is 1. The van der Waals surface area contributed by atoms with Gasteiger partial charge < -0.3 is 4.74 Å². The molecule has 0 aromatic rings. The van der Waals surface area contributed by atoms with Gasteiger partial charge in [0, 0.05) is 0 Å². The van der Waals surface area contributed by atoms with E-state index in [9.17, 15) is 9.59 Å². The van der Waals surface area contributed by atoms with E-state index in [4.69, 9.17) is 16.0 Å². The number of carbonyl (C=O) groups excluding carboxylic acids is 2. The predicted molar refractivity (Wildman–Crippen MR) is 59.7 cm³/mol. The third-order valence-corrected chi connectivity index (χ3v) is 1.83. The lowest BCUT2D eigenvalue weighted by molar-refractivity contribution is -0.147. The van der Waals surface area contributed by atoms with Gasteiger partial charge >= 0.3 is 5.97 Å². The van der Waals surface area contributed by atoms with Crippen molar-refractivity contribution in [3.8, 4) is 0 Å². The van der Waals surface area contributed by atoms with Crippen LogP contribution in [0.25, 0.3) is 0 Å². The number of esters is 1. The first-order valence-electron chi connectivity index (χ1n) is 5.05. The third-order valence-electron chi connectivity index (χ3n) is 1.83. The Labute approximate surface area is 95.0 Å². The molecule has 0 heterocycles. The predicted octanol–water partition coefficient (Wildman–Crippen LogP) is 0.364. The smallest absolute Gasteiger partial charge is 0.353 e. The Kier molecular flexibility index (Phi) is 5.10. The van der Waals surface area contributed by atoms with Crippen molar-refractivity contribution < 1.29 is 14.3 Å². The van der Waals surface area contributed by atoms with Gasteiger partial charge in [0.05, 0.1) is 5.92 Å². The Balaban J connectivity index is 4.64. The number of nitrogens with two attached hydrogens (primary N) is 1. The van der Waals surface area contributed by atoms with Gasteiger partial charge in [-0.25, -0.2) is 10.6 Å². The van der Waals surface area contributed by atoms with E-state index in [0.29, 0.717) is 6.42 Å². The SMILES string of the molecule is CC[C@H](C(=N)C(=O)OC(C)(C)C)C(=O)NN. The van der Waals surface area contributed by atoms with Crippen LogP contribution in [0.1, 0.15) is 34.1 Å². The van der Waals surface area contributed by atoms with Gasteiger partial charge in [-0.05, 0) is 27.2 Å². The molecule has 0 aromatic carbocycles. The summed E-state index contributed by atoms with van der Waals surface area (Å²) in [5.41, 5.74) is 0.873. The van der Waals surface area contributed by atoms with Crippen molar-refractivity contribution in [1.82, 2.24) is 5.43 Å². The minimum Gasteiger partial charge on any atom is -0.455 e. The first kappa shape index (κ1) is 14.6. The van der Waals surface area contributed by atoms with Crippen molar-refractivity contribution in [3.63, 3.8) is 0 Å². The summed E-state index contributed by atoms with van der Waals surface area (Å²) in [4.78, 5) is 22.8. The van der Waals surface area contributed by atoms with E-state index in [2.05, 4.69) is 0 Å². The van der Waals surface area contributed by atoms with Gasteiger partial charge in [0.1, 0.15) is 11.3 Å². The summed E-state index contributed by atoms with van der Waals surface area (Å²) in [7, 11) is 0. The molecule has 92 valence electrons. The Hall–Kier alpha value is -1.43. The maximum absolute atomic E-state index is 11.5. The van der Waals surface area contributed by atoms with Crippen molar-refractivity contribution >= 4 is 17.6 Å². The van der Waals surface area contributed by atoms with Crippen LogP contribution in [0.5, 0.6) is 0 Å². The highest BCUT2D eigenvalue weighted by molar-refractivity contribution is 6.39. The maximum Gasteiger partial charge on any atom is 0.353 e. The maximum atomic E-state index is 11.5. The van der Waals surface area contributed by atoms with Crippen LogP contribution in [-0.2, 0) is 14.3 Å². The lowest BCUT2D eigenvalue weighted by Crippen LogP contribution is -2.42. The number of rotatable bonds is 4. The van der Waals surface area contributed by atoms with Crippen molar-refractivity contribution in [2.75, 3.05) is 0 Å². The van der Waals surface area contributed by atoms with Crippen LogP contribution >= 0.6 is 0 Å². The van der Waals surface area contributed by atoms with Crippen LogP contribution in [0, 0.1) is 11.3 Å². The molecule has 0 aliphatic heterocycles. The minimum absolute atomic E-state index is 0.321. The number of hydrogen-bond donors (Lipinski definition) is 3. The Morgan fingerprint density at radius 1 is 1.44 bits per heavy atom. The molecule has 1 atom stereocenters. The first-order chi connectivity index (χ1) is 7.22. The average molecular weight is 229 g/mol. The molecule has 0 aliphatic rings. The molecule has 0 saturated heterocycles. The number of ether oxygens (including phenoxy) is 1. The van der Waals surface area contributed by atoms with Crippen molar-refractivity contribution in [3.05, 3.63) is 0 Å². The van der Waals surface area contributed by atoms with E-state index < -0.39 is 23.4 Å². The lowest BCUT2D eigenvalue weighted by atomic mass is 9.99. The molecule has 6 nitrogen and oxygen atoms in total. The summed E-state index contributed by atoms with van der Waals surface area (Å²) >= 11 is 0. The molecule has 0 spiro atoms. The molecule has 0 aromatic heterocycles. The van der Waals surface area contributed by atoms with Gasteiger partial charge in [-0.3, -0.25) is 15.6 Å². The topological polar surface area (TPSA) is 105 Å². The van der Waals surface area contributed by atoms with Gasteiger partial charge in [-0.15, -0.1) is 0 Å². The fourth-order valence-corrected chi connectivity index (χ4v) is 1.10. The fourth-order valence-electron chi connectivity index (χ4n) is 1.10. The van der Waals surface area contributed by atoms with Gasteiger partial charge in [0.2, 0.25) is 5.91 Å². The lowest BCUT2D eigenvalue weighted by Gasteiger charge is -2.21. The van der Waals surface area contributed by atoms with Crippen LogP contribution in [0.15, 0.2) is 0 Å². The van der Waals surface area contributed by atoms with Crippen LogP contribution < -0.4 is 11.3 Å². The molecular formula is C10H19N3O3. The monoisotopic (exact) mass is 229 g/mol. The quantitative estimate of drug-likeness (QED) is 0.213. The molecule has 0 bridgehead atoms. The van der Waals surface area contributed by atoms with E-state index in [0.717, 1.165) is 0 Å². The van der Waals surface area contributed by atoms with E-state index >= 15 is 0 Å². The van der Waals surface area contributed by atoms with E-state index in [1.54, 1.807) is 27.7 Å². The average Bonchev–Trinajstić information content (AvgIpc) is 2.15. The van der Waals surface area contributed by atoms with Crippen LogP contribution in [-0.4, -0.2) is 23.2 Å². The largest absolute Gasteiger partial charge is 0.455 e. The summed E-state index contributed by atoms with van der Waals surface area (Å²) in [6.07, 6.45) is 0.321. The Morgan fingerprint density at radius 3 is 2.25 bits per heavy atom. The van der Waals surface area contributed by atoms with Crippen LogP contribution in [0.3, 0.4) is 0 Å². The second-order valence-electron chi connectivity index (χ2n) is 4.38. The van der Waals surface area contributed by atoms with Crippen molar-refractivity contribution in [2.45, 2.75) is 39.7 Å². The molecule has 0 rings (SSSR count). The van der Waals surface area contributed by atoms with Crippen molar-refractivity contribution in [1.29, 1.82) is 5.41 Å². The molecule has 16 heavy (non-hydrogen) atoms. The number of carbonyl (C=O) groups is 2. The number of hydrazine groups is 1. The zero-order chi connectivity index (χ0) is 12.9. The van der Waals surface area contributed by atoms with E-state index in [-0.39, 0.29) is 5.71 Å². The molecular weight excluding hydrogens is 210 g/mol. The summed E-state index contributed by atoms with van der Waals surface area (Å²) in [6.45, 7) is 6.78. The Bertz CT molecular complexity index is 294. The normalized spacial score (nSPS) is 12.8. The molecule has 0 unspecified atom stereocenters. The molecule has 0 aliphatic carbocycles. The van der Waals surface area contributed by atoms with Crippen LogP contribution in [0.4, 0.5) is 0 Å². The first-order valence-corrected chi connectivity index (χ1v) is 5.05. The van der Waals surface area contributed by atoms with Gasteiger partial charge in [0.25, 0.3) is 0 Å². The number of nitrogens with one attached hydrogen (secondary N) is 2. The van der Waals surface area contributed by atoms with Crippen LogP contribution in [0.2, 0.25) is 0 Å². The number of hydrogen-bond acceptors (Lipinski definition) is 5. The van der Waals surface area contributed by atoms with E-state index in [1.165, 1.54) is 0 Å². The highest BCUT2D eigenvalue weighted by Gasteiger charge is 2.29. The van der Waals surface area contributed by atoms with Gasteiger partial charge in [0.15, 0.2) is 0 Å².